The highest BCUT2D eigenvalue weighted by molar-refractivity contribution is 5.86. The van der Waals surface area contributed by atoms with E-state index in [4.69, 9.17) is 4.74 Å². The fourth-order valence-electron chi connectivity index (χ4n) is 4.08. The van der Waals surface area contributed by atoms with E-state index in [2.05, 4.69) is 46.4 Å². The summed E-state index contributed by atoms with van der Waals surface area (Å²) < 4.78 is 7.19. The monoisotopic (exact) mass is 381 g/mol. The lowest BCUT2D eigenvalue weighted by Gasteiger charge is -2.32. The van der Waals surface area contributed by atoms with Gasteiger partial charge in [0.1, 0.15) is 19.5 Å². The van der Waals surface area contributed by atoms with Crippen LogP contribution in [0, 0.1) is 0 Å². The van der Waals surface area contributed by atoms with Gasteiger partial charge in [0, 0.05) is 37.2 Å². The number of para-hydroxylation sites is 1. The molecule has 148 valence electrons. The molecular weight excluding hydrogens is 354 g/mol. The van der Waals surface area contributed by atoms with E-state index in [1.807, 2.05) is 11.9 Å². The van der Waals surface area contributed by atoms with E-state index >= 15 is 0 Å². The van der Waals surface area contributed by atoms with Gasteiger partial charge in [-0.15, -0.1) is 0 Å². The van der Waals surface area contributed by atoms with Crippen LogP contribution in [0.5, 0.6) is 0 Å². The van der Waals surface area contributed by atoms with Crippen LogP contribution in [0.3, 0.4) is 0 Å². The van der Waals surface area contributed by atoms with Crippen molar-refractivity contribution in [1.29, 1.82) is 0 Å². The third kappa shape index (κ3) is 3.67. The lowest BCUT2D eigenvalue weighted by Crippen LogP contribution is -2.39. The highest BCUT2D eigenvalue weighted by atomic mass is 16.5. The maximum Gasteiger partial charge on any atom is 0.248 e. The molecule has 0 saturated carbocycles. The number of aromatic nitrogens is 4. The van der Waals surface area contributed by atoms with Gasteiger partial charge in [0.05, 0.1) is 0 Å². The number of rotatable bonds is 6. The van der Waals surface area contributed by atoms with Gasteiger partial charge in [0.15, 0.2) is 5.82 Å². The number of H-pyrrole nitrogens is 1. The molecule has 28 heavy (non-hydrogen) atoms. The molecule has 0 aliphatic carbocycles. The number of ether oxygens (including phenoxy) is 1. The predicted octanol–water partition coefficient (Wildman–Crippen LogP) is 2.78. The van der Waals surface area contributed by atoms with Crippen molar-refractivity contribution in [3.8, 4) is 0 Å². The van der Waals surface area contributed by atoms with Crippen LogP contribution >= 0.6 is 0 Å². The second kappa shape index (κ2) is 8.14. The Labute approximate surface area is 164 Å². The second-order valence-electron chi connectivity index (χ2n) is 7.39. The zero-order valence-corrected chi connectivity index (χ0v) is 16.5. The van der Waals surface area contributed by atoms with Crippen molar-refractivity contribution in [2.75, 3.05) is 19.7 Å². The fourth-order valence-corrected chi connectivity index (χ4v) is 4.08. The van der Waals surface area contributed by atoms with Gasteiger partial charge in [-0.3, -0.25) is 9.48 Å². The molecule has 7 heteroatoms. The molecule has 1 amide bonds. The minimum Gasteiger partial charge on any atom is -0.364 e. The summed E-state index contributed by atoms with van der Waals surface area (Å²) in [6.07, 6.45) is 6.64. The van der Waals surface area contributed by atoms with Gasteiger partial charge in [-0.1, -0.05) is 25.1 Å². The summed E-state index contributed by atoms with van der Waals surface area (Å²) in [6.45, 7) is 4.12. The number of aromatic amines is 1. The fraction of sp³-hybridized carbons (Fsp3) is 0.476. The van der Waals surface area contributed by atoms with Crippen LogP contribution in [0.1, 0.15) is 42.6 Å². The molecule has 0 radical (unpaired) electrons. The number of likely N-dealkylation sites (tertiary alicyclic amines) is 1. The van der Waals surface area contributed by atoms with Crippen molar-refractivity contribution in [2.24, 2.45) is 7.05 Å². The zero-order valence-electron chi connectivity index (χ0n) is 16.5. The third-order valence-electron chi connectivity index (χ3n) is 5.76. The van der Waals surface area contributed by atoms with E-state index in [9.17, 15) is 4.79 Å². The Kier molecular flexibility index (Phi) is 5.43. The van der Waals surface area contributed by atoms with Gasteiger partial charge in [0.2, 0.25) is 5.91 Å². The van der Waals surface area contributed by atoms with Crippen molar-refractivity contribution in [3.63, 3.8) is 0 Å². The Morgan fingerprint density at radius 2 is 2.14 bits per heavy atom. The van der Waals surface area contributed by atoms with E-state index < -0.39 is 0 Å². The number of aryl methyl sites for hydroxylation is 2. The summed E-state index contributed by atoms with van der Waals surface area (Å²) >= 11 is 0. The van der Waals surface area contributed by atoms with Crippen LogP contribution in [-0.4, -0.2) is 50.3 Å². The molecule has 1 aliphatic heterocycles. The van der Waals surface area contributed by atoms with Crippen LogP contribution in [0.4, 0.5) is 0 Å². The Hall–Kier alpha value is -2.67. The first-order valence-corrected chi connectivity index (χ1v) is 9.94. The van der Waals surface area contributed by atoms with Crippen molar-refractivity contribution in [1.82, 2.24) is 24.6 Å². The highest BCUT2D eigenvalue weighted by Crippen LogP contribution is 2.34. The van der Waals surface area contributed by atoms with Gasteiger partial charge in [-0.25, -0.2) is 4.98 Å². The zero-order chi connectivity index (χ0) is 19.5. The van der Waals surface area contributed by atoms with Gasteiger partial charge in [-0.05, 0) is 36.3 Å². The molecule has 3 aromatic rings. The Morgan fingerprint density at radius 3 is 2.86 bits per heavy atom. The van der Waals surface area contributed by atoms with Crippen LogP contribution < -0.4 is 0 Å². The molecule has 7 nitrogen and oxygen atoms in total. The Morgan fingerprint density at radius 1 is 1.32 bits per heavy atom. The molecule has 2 aromatic heterocycles. The van der Waals surface area contributed by atoms with E-state index in [0.29, 0.717) is 12.5 Å². The Balaban J connectivity index is 1.32. The predicted molar refractivity (Wildman–Crippen MR) is 107 cm³/mol. The first kappa shape index (κ1) is 18.7. The first-order valence-electron chi connectivity index (χ1n) is 9.94. The van der Waals surface area contributed by atoms with Gasteiger partial charge >= 0.3 is 0 Å². The number of nitrogens with one attached hydrogen (secondary N) is 1. The molecular formula is C21H27N5O2. The summed E-state index contributed by atoms with van der Waals surface area (Å²) in [7, 11) is 1.81. The van der Waals surface area contributed by atoms with Gasteiger partial charge < -0.3 is 14.6 Å². The number of amides is 1. The summed E-state index contributed by atoms with van der Waals surface area (Å²) in [5, 5.41) is 5.33. The summed E-state index contributed by atoms with van der Waals surface area (Å²) in [5.41, 5.74) is 4.00. The number of benzene rings is 1. The number of hydrogen-bond donors (Lipinski definition) is 1. The molecule has 1 fully saturated rings. The van der Waals surface area contributed by atoms with Crippen LogP contribution in [0.15, 0.2) is 30.7 Å². The largest absolute Gasteiger partial charge is 0.364 e. The minimum absolute atomic E-state index is 0.0489. The van der Waals surface area contributed by atoms with Crippen molar-refractivity contribution >= 4 is 16.8 Å². The standard InChI is InChI=1S/C21H27N5O2/c1-3-15-5-4-6-17-18(11-22-21(15)17)16-7-9-26(10-8-16)20(27)13-28-12-19-23-14-24-25(19)2/h4-6,11,14,16,22H,3,7-10,12-13H2,1-2H3. The maximum atomic E-state index is 12.5. The van der Waals surface area contributed by atoms with E-state index in [1.54, 1.807) is 4.68 Å². The number of piperidine rings is 1. The molecule has 1 N–H and O–H groups in total. The number of carbonyl (C=O) groups is 1. The quantitative estimate of drug-likeness (QED) is 0.712. The smallest absolute Gasteiger partial charge is 0.248 e. The number of fused-ring (bicyclic) bond motifs is 1. The molecule has 1 aromatic carbocycles. The molecule has 1 saturated heterocycles. The average molecular weight is 381 g/mol. The molecule has 0 atom stereocenters. The molecule has 4 rings (SSSR count). The molecule has 3 heterocycles. The lowest BCUT2D eigenvalue weighted by atomic mass is 9.89. The number of carbonyl (C=O) groups excluding carboxylic acids is 1. The topological polar surface area (TPSA) is 76.0 Å². The van der Waals surface area contributed by atoms with Crippen molar-refractivity contribution in [3.05, 3.63) is 47.7 Å². The van der Waals surface area contributed by atoms with Crippen LogP contribution in [-0.2, 0) is 29.6 Å². The molecule has 0 bridgehead atoms. The third-order valence-corrected chi connectivity index (χ3v) is 5.76. The van der Waals surface area contributed by atoms with Gasteiger partial charge in [-0.2, -0.15) is 5.10 Å². The van der Waals surface area contributed by atoms with Crippen molar-refractivity contribution < 1.29 is 9.53 Å². The minimum atomic E-state index is 0.0489. The van der Waals surface area contributed by atoms with Gasteiger partial charge in [0.25, 0.3) is 0 Å². The number of nitrogens with zero attached hydrogens (tertiary/aromatic N) is 4. The van der Waals surface area contributed by atoms with Crippen LogP contribution in [0.2, 0.25) is 0 Å². The lowest BCUT2D eigenvalue weighted by molar-refractivity contribution is -0.137. The highest BCUT2D eigenvalue weighted by Gasteiger charge is 2.25. The van der Waals surface area contributed by atoms with Crippen LogP contribution in [0.25, 0.3) is 10.9 Å². The van der Waals surface area contributed by atoms with E-state index in [-0.39, 0.29) is 12.5 Å². The van der Waals surface area contributed by atoms with E-state index in [0.717, 1.165) is 38.2 Å². The van der Waals surface area contributed by atoms with Crippen molar-refractivity contribution in [2.45, 2.75) is 38.7 Å². The average Bonchev–Trinajstić information content (AvgIpc) is 3.34. The number of hydrogen-bond acceptors (Lipinski definition) is 4. The summed E-state index contributed by atoms with van der Waals surface area (Å²) in [5.74, 6) is 1.26. The normalized spacial score (nSPS) is 15.4. The first-order chi connectivity index (χ1) is 13.7. The summed E-state index contributed by atoms with van der Waals surface area (Å²) in [6, 6.07) is 6.54. The Bertz CT molecular complexity index is 953. The molecule has 1 aliphatic rings. The second-order valence-corrected chi connectivity index (χ2v) is 7.39. The molecule has 0 spiro atoms. The summed E-state index contributed by atoms with van der Waals surface area (Å²) in [4.78, 5) is 21.9. The van der Waals surface area contributed by atoms with E-state index in [1.165, 1.54) is 28.4 Å². The maximum absolute atomic E-state index is 12.5. The SMILES string of the molecule is CCc1cccc2c(C3CCN(C(=O)COCc4ncnn4C)CC3)c[nH]c12. The molecule has 0 unspecified atom stereocenters.